The van der Waals surface area contributed by atoms with Crippen LogP contribution >= 0.6 is 34.2 Å². The zero-order chi connectivity index (χ0) is 11.4. The van der Waals surface area contributed by atoms with Gasteiger partial charge in [0.05, 0.1) is 0 Å². The van der Waals surface area contributed by atoms with E-state index in [1.54, 1.807) is 12.4 Å². The molecule has 2 aromatic rings. The monoisotopic (exact) mass is 345 g/mol. The fourth-order valence-electron chi connectivity index (χ4n) is 1.18. The van der Waals surface area contributed by atoms with Gasteiger partial charge in [0.15, 0.2) is 0 Å². The van der Waals surface area contributed by atoms with Gasteiger partial charge in [-0.05, 0) is 40.3 Å². The van der Waals surface area contributed by atoms with Gasteiger partial charge in [-0.25, -0.2) is 9.97 Å². The lowest BCUT2D eigenvalue weighted by molar-refractivity contribution is 1.15. The Morgan fingerprint density at radius 2 is 1.75 bits per heavy atom. The summed E-state index contributed by atoms with van der Waals surface area (Å²) >= 11 is 7.88. The van der Waals surface area contributed by atoms with E-state index in [0.29, 0.717) is 11.8 Å². The molecule has 5 heteroatoms. The molecule has 1 N–H and O–H groups in total. The van der Waals surface area contributed by atoms with E-state index in [1.807, 2.05) is 24.3 Å². The summed E-state index contributed by atoms with van der Waals surface area (Å²) in [6, 6.07) is 7.86. The topological polar surface area (TPSA) is 37.8 Å². The predicted octanol–water partition coefficient (Wildman–Crippen LogP) is 3.56. The lowest BCUT2D eigenvalue weighted by Crippen LogP contribution is -1.96. The lowest BCUT2D eigenvalue weighted by Gasteiger charge is -2.04. The van der Waals surface area contributed by atoms with E-state index in [0.717, 1.165) is 14.8 Å². The number of alkyl halides is 1. The minimum Gasteiger partial charge on any atom is -0.324 e. The molecule has 1 heterocycles. The second kappa shape index (κ2) is 5.45. The van der Waals surface area contributed by atoms with Crippen molar-refractivity contribution in [3.05, 3.63) is 45.8 Å². The minimum absolute atomic E-state index is 0.528. The number of hydrogen-bond acceptors (Lipinski definition) is 3. The zero-order valence-corrected chi connectivity index (χ0v) is 11.2. The molecular formula is C11H9ClIN3. The summed E-state index contributed by atoms with van der Waals surface area (Å²) in [5, 5.41) is 3.11. The van der Waals surface area contributed by atoms with Crippen LogP contribution in [-0.4, -0.2) is 9.97 Å². The summed E-state index contributed by atoms with van der Waals surface area (Å²) in [7, 11) is 0. The Balaban J connectivity index is 2.11. The van der Waals surface area contributed by atoms with Crippen LogP contribution in [0.5, 0.6) is 0 Å². The fraction of sp³-hybridized carbons (Fsp3) is 0.0909. The summed E-state index contributed by atoms with van der Waals surface area (Å²) in [5.74, 6) is 1.12. The van der Waals surface area contributed by atoms with Crippen LogP contribution < -0.4 is 5.32 Å². The Morgan fingerprint density at radius 1 is 1.12 bits per heavy atom. The highest BCUT2D eigenvalue weighted by molar-refractivity contribution is 14.1. The average Bonchev–Trinajstić information content (AvgIpc) is 2.33. The first-order valence-electron chi connectivity index (χ1n) is 4.67. The van der Waals surface area contributed by atoms with Crippen molar-refractivity contribution in [3.63, 3.8) is 0 Å². The molecule has 0 saturated carbocycles. The Labute approximate surface area is 112 Å². The molecule has 82 valence electrons. The predicted molar refractivity (Wildman–Crippen MR) is 74.0 cm³/mol. The average molecular weight is 346 g/mol. The van der Waals surface area contributed by atoms with Gasteiger partial charge in [0.25, 0.3) is 0 Å². The summed E-state index contributed by atoms with van der Waals surface area (Å²) in [6.45, 7) is 0. The van der Waals surface area contributed by atoms with E-state index < -0.39 is 0 Å². The van der Waals surface area contributed by atoms with E-state index in [1.165, 1.54) is 0 Å². The van der Waals surface area contributed by atoms with E-state index in [2.05, 4.69) is 37.9 Å². The van der Waals surface area contributed by atoms with Gasteiger partial charge in [0.2, 0.25) is 5.95 Å². The highest BCUT2D eigenvalue weighted by Gasteiger charge is 1.97. The zero-order valence-electron chi connectivity index (χ0n) is 8.32. The van der Waals surface area contributed by atoms with Gasteiger partial charge in [0, 0.05) is 27.5 Å². The molecule has 2 rings (SSSR count). The van der Waals surface area contributed by atoms with Crippen molar-refractivity contribution in [2.45, 2.75) is 5.88 Å². The summed E-state index contributed by atoms with van der Waals surface area (Å²) in [5.41, 5.74) is 2.05. The van der Waals surface area contributed by atoms with Crippen LogP contribution in [0.2, 0.25) is 0 Å². The van der Waals surface area contributed by atoms with Crippen LogP contribution in [0, 0.1) is 3.57 Å². The van der Waals surface area contributed by atoms with E-state index in [4.69, 9.17) is 11.6 Å². The van der Waals surface area contributed by atoms with Crippen LogP contribution in [0.15, 0.2) is 36.7 Å². The molecule has 16 heavy (non-hydrogen) atoms. The van der Waals surface area contributed by atoms with Gasteiger partial charge in [-0.2, -0.15) is 0 Å². The second-order valence-corrected chi connectivity index (χ2v) is 4.69. The van der Waals surface area contributed by atoms with Crippen molar-refractivity contribution in [2.75, 3.05) is 5.32 Å². The Morgan fingerprint density at radius 3 is 2.31 bits per heavy atom. The largest absolute Gasteiger partial charge is 0.324 e. The van der Waals surface area contributed by atoms with E-state index in [9.17, 15) is 0 Å². The number of rotatable bonds is 3. The van der Waals surface area contributed by atoms with Gasteiger partial charge >= 0.3 is 0 Å². The van der Waals surface area contributed by atoms with Crippen molar-refractivity contribution in [2.24, 2.45) is 0 Å². The SMILES string of the molecule is ClCc1ccc(Nc2ncc(I)cn2)cc1. The number of nitrogens with one attached hydrogen (secondary N) is 1. The molecule has 0 aliphatic heterocycles. The quantitative estimate of drug-likeness (QED) is 0.683. The molecule has 1 aromatic carbocycles. The van der Waals surface area contributed by atoms with Crippen molar-refractivity contribution in [1.29, 1.82) is 0 Å². The number of benzene rings is 1. The molecule has 0 bridgehead atoms. The highest BCUT2D eigenvalue weighted by atomic mass is 127. The van der Waals surface area contributed by atoms with Crippen molar-refractivity contribution in [1.82, 2.24) is 9.97 Å². The molecule has 0 saturated heterocycles. The third-order valence-corrected chi connectivity index (χ3v) is 2.85. The molecule has 0 fully saturated rings. The molecule has 1 aromatic heterocycles. The minimum atomic E-state index is 0.528. The number of anilines is 2. The Hall–Kier alpha value is -0.880. The van der Waals surface area contributed by atoms with E-state index in [-0.39, 0.29) is 0 Å². The van der Waals surface area contributed by atoms with Gasteiger partial charge < -0.3 is 5.32 Å². The van der Waals surface area contributed by atoms with Crippen LogP contribution in [-0.2, 0) is 5.88 Å². The van der Waals surface area contributed by atoms with Gasteiger partial charge in [-0.3, -0.25) is 0 Å². The van der Waals surface area contributed by atoms with Crippen molar-refractivity contribution >= 4 is 45.8 Å². The summed E-state index contributed by atoms with van der Waals surface area (Å²) < 4.78 is 1.01. The maximum absolute atomic E-state index is 5.71. The summed E-state index contributed by atoms with van der Waals surface area (Å²) in [4.78, 5) is 8.32. The van der Waals surface area contributed by atoms with E-state index >= 15 is 0 Å². The smallest absolute Gasteiger partial charge is 0.227 e. The van der Waals surface area contributed by atoms with Gasteiger partial charge in [0.1, 0.15) is 0 Å². The summed E-state index contributed by atoms with van der Waals surface area (Å²) in [6.07, 6.45) is 3.53. The number of halogens is 2. The van der Waals surface area contributed by atoms with Crippen molar-refractivity contribution in [3.8, 4) is 0 Å². The lowest BCUT2D eigenvalue weighted by atomic mass is 10.2. The van der Waals surface area contributed by atoms with Gasteiger partial charge in [-0.15, -0.1) is 11.6 Å². The first-order chi connectivity index (χ1) is 7.78. The molecular weight excluding hydrogens is 336 g/mol. The normalized spacial score (nSPS) is 10.1. The number of hydrogen-bond donors (Lipinski definition) is 1. The van der Waals surface area contributed by atoms with Crippen LogP contribution in [0.25, 0.3) is 0 Å². The molecule has 0 spiro atoms. The molecule has 0 amide bonds. The highest BCUT2D eigenvalue weighted by Crippen LogP contribution is 2.14. The Kier molecular flexibility index (Phi) is 3.95. The van der Waals surface area contributed by atoms with Crippen LogP contribution in [0.1, 0.15) is 5.56 Å². The molecule has 0 atom stereocenters. The second-order valence-electron chi connectivity index (χ2n) is 3.18. The first-order valence-corrected chi connectivity index (χ1v) is 6.29. The number of aromatic nitrogens is 2. The maximum atomic E-state index is 5.71. The van der Waals surface area contributed by atoms with Crippen LogP contribution in [0.4, 0.5) is 11.6 Å². The third kappa shape index (κ3) is 3.05. The molecule has 0 radical (unpaired) electrons. The standard InChI is InChI=1S/C11H9ClIN3/c12-5-8-1-3-10(4-2-8)16-11-14-6-9(13)7-15-11/h1-4,6-7H,5H2,(H,14,15,16). The number of nitrogens with zero attached hydrogens (tertiary/aromatic N) is 2. The molecule has 0 aliphatic rings. The molecule has 0 aliphatic carbocycles. The molecule has 3 nitrogen and oxygen atoms in total. The maximum Gasteiger partial charge on any atom is 0.227 e. The fourth-order valence-corrected chi connectivity index (χ4v) is 1.64. The van der Waals surface area contributed by atoms with Crippen LogP contribution in [0.3, 0.4) is 0 Å². The molecule has 0 unspecified atom stereocenters. The first kappa shape index (κ1) is 11.6. The third-order valence-electron chi connectivity index (χ3n) is 1.98. The van der Waals surface area contributed by atoms with Gasteiger partial charge in [-0.1, -0.05) is 12.1 Å². The van der Waals surface area contributed by atoms with Crippen molar-refractivity contribution < 1.29 is 0 Å². The Bertz CT molecular complexity index is 456.